The Bertz CT molecular complexity index is 987. The number of rotatable bonds is 4. The van der Waals surface area contributed by atoms with Crippen molar-refractivity contribution in [3.8, 4) is 0 Å². The molecule has 0 spiro atoms. The maximum atomic E-state index is 12.7. The van der Waals surface area contributed by atoms with Crippen molar-refractivity contribution in [1.29, 1.82) is 0 Å². The molecule has 0 unspecified atom stereocenters. The number of hydrogen-bond acceptors (Lipinski definition) is 5. The molecule has 0 aliphatic heterocycles. The largest absolute Gasteiger partial charge is 0.458 e. The third kappa shape index (κ3) is 2.66. The Kier molecular flexibility index (Phi) is 3.92. The first kappa shape index (κ1) is 16.0. The first-order valence-corrected chi connectivity index (χ1v) is 9.18. The zero-order chi connectivity index (χ0) is 17.4. The molecule has 25 heavy (non-hydrogen) atoms. The zero-order valence-corrected chi connectivity index (χ0v) is 14.7. The van der Waals surface area contributed by atoms with Crippen molar-refractivity contribution in [2.45, 2.75) is 38.2 Å². The van der Waals surface area contributed by atoms with E-state index in [2.05, 4.69) is 4.98 Å². The first-order chi connectivity index (χ1) is 12.1. The molecule has 3 aromatic rings. The topological polar surface area (TPSA) is 60.7 Å². The monoisotopic (exact) mass is 354 g/mol. The summed E-state index contributed by atoms with van der Waals surface area (Å²) < 4.78 is 7.12. The lowest BCUT2D eigenvalue weighted by Gasteiger charge is -2.39. The van der Waals surface area contributed by atoms with E-state index >= 15 is 0 Å². The number of thiazole rings is 1. The van der Waals surface area contributed by atoms with Crippen molar-refractivity contribution in [2.24, 2.45) is 0 Å². The van der Waals surface area contributed by atoms with E-state index in [1.807, 2.05) is 42.6 Å². The van der Waals surface area contributed by atoms with Crippen LogP contribution in [0.5, 0.6) is 0 Å². The molecule has 2 aromatic heterocycles. The van der Waals surface area contributed by atoms with Crippen LogP contribution in [0.25, 0.3) is 4.96 Å². The second kappa shape index (κ2) is 6.11. The van der Waals surface area contributed by atoms with Crippen LogP contribution in [0.2, 0.25) is 0 Å². The minimum atomic E-state index is -0.542. The van der Waals surface area contributed by atoms with Gasteiger partial charge < -0.3 is 4.74 Å². The SMILES string of the molecule is Cc1csc2nc(COC(=O)C3(c4ccccc4)CCC3)cc(=O)n12. The Morgan fingerprint density at radius 3 is 2.76 bits per heavy atom. The number of nitrogens with zero attached hydrogens (tertiary/aromatic N) is 2. The number of hydrogen-bond donors (Lipinski definition) is 0. The van der Waals surface area contributed by atoms with Crippen LogP contribution in [0.3, 0.4) is 0 Å². The van der Waals surface area contributed by atoms with E-state index in [4.69, 9.17) is 4.74 Å². The molecule has 0 atom stereocenters. The molecule has 0 amide bonds. The van der Waals surface area contributed by atoms with Gasteiger partial charge in [-0.05, 0) is 25.3 Å². The number of fused-ring (bicyclic) bond motifs is 1. The number of carbonyl (C=O) groups is 1. The molecular weight excluding hydrogens is 336 g/mol. The highest BCUT2D eigenvalue weighted by Crippen LogP contribution is 2.44. The average molecular weight is 354 g/mol. The average Bonchev–Trinajstić information content (AvgIpc) is 2.94. The Labute approximate surface area is 148 Å². The van der Waals surface area contributed by atoms with E-state index in [0.717, 1.165) is 30.5 Å². The maximum absolute atomic E-state index is 12.7. The third-order valence-corrected chi connectivity index (χ3v) is 5.85. The fourth-order valence-electron chi connectivity index (χ4n) is 3.35. The lowest BCUT2D eigenvalue weighted by molar-refractivity contribution is -0.156. The number of carbonyl (C=O) groups excluding carboxylic acids is 1. The van der Waals surface area contributed by atoms with Crippen molar-refractivity contribution in [3.05, 3.63) is 69.1 Å². The molecule has 4 rings (SSSR count). The fraction of sp³-hybridized carbons (Fsp3) is 0.316. The van der Waals surface area contributed by atoms with Gasteiger partial charge in [0, 0.05) is 17.1 Å². The van der Waals surface area contributed by atoms with Gasteiger partial charge >= 0.3 is 5.97 Å². The molecule has 5 nitrogen and oxygen atoms in total. The summed E-state index contributed by atoms with van der Waals surface area (Å²) in [6, 6.07) is 11.2. The van der Waals surface area contributed by atoms with Crippen molar-refractivity contribution >= 4 is 22.3 Å². The molecule has 2 heterocycles. The van der Waals surface area contributed by atoms with E-state index in [1.54, 1.807) is 4.40 Å². The van der Waals surface area contributed by atoms with Crippen LogP contribution in [0.15, 0.2) is 46.6 Å². The normalized spacial score (nSPS) is 15.7. The Hall–Kier alpha value is -2.47. The Balaban J connectivity index is 1.55. The van der Waals surface area contributed by atoms with Crippen molar-refractivity contribution in [1.82, 2.24) is 9.38 Å². The minimum absolute atomic E-state index is 0.0239. The van der Waals surface area contributed by atoms with E-state index in [0.29, 0.717) is 10.7 Å². The van der Waals surface area contributed by atoms with Gasteiger partial charge in [-0.15, -0.1) is 11.3 Å². The molecule has 1 saturated carbocycles. The van der Waals surface area contributed by atoms with Gasteiger partial charge in [0.05, 0.1) is 11.1 Å². The summed E-state index contributed by atoms with van der Waals surface area (Å²) >= 11 is 1.41. The second-order valence-corrected chi connectivity index (χ2v) is 7.30. The van der Waals surface area contributed by atoms with E-state index in [1.165, 1.54) is 17.4 Å². The van der Waals surface area contributed by atoms with E-state index in [9.17, 15) is 9.59 Å². The van der Waals surface area contributed by atoms with Crippen LogP contribution in [-0.2, 0) is 21.6 Å². The van der Waals surface area contributed by atoms with Crippen LogP contribution >= 0.6 is 11.3 Å². The van der Waals surface area contributed by atoms with Crippen LogP contribution in [0.1, 0.15) is 36.2 Å². The second-order valence-electron chi connectivity index (χ2n) is 6.46. The zero-order valence-electron chi connectivity index (χ0n) is 13.9. The highest BCUT2D eigenvalue weighted by molar-refractivity contribution is 7.15. The van der Waals surface area contributed by atoms with Gasteiger partial charge in [-0.2, -0.15) is 0 Å². The van der Waals surface area contributed by atoms with Crippen molar-refractivity contribution in [3.63, 3.8) is 0 Å². The summed E-state index contributed by atoms with van der Waals surface area (Å²) in [5.74, 6) is -0.227. The van der Waals surface area contributed by atoms with Gasteiger partial charge in [0.15, 0.2) is 4.96 Å². The molecule has 1 fully saturated rings. The Morgan fingerprint density at radius 2 is 2.08 bits per heavy atom. The van der Waals surface area contributed by atoms with Crippen LogP contribution in [0.4, 0.5) is 0 Å². The van der Waals surface area contributed by atoms with Gasteiger partial charge in [0.1, 0.15) is 6.61 Å². The summed E-state index contributed by atoms with van der Waals surface area (Å²) in [5, 5.41) is 1.89. The number of aromatic nitrogens is 2. The predicted molar refractivity (Wildman–Crippen MR) is 95.8 cm³/mol. The van der Waals surface area contributed by atoms with Crippen molar-refractivity contribution < 1.29 is 9.53 Å². The highest BCUT2D eigenvalue weighted by atomic mass is 32.1. The summed E-state index contributed by atoms with van der Waals surface area (Å²) in [5.41, 5.74) is 1.67. The van der Waals surface area contributed by atoms with Gasteiger partial charge in [0.2, 0.25) is 0 Å². The van der Waals surface area contributed by atoms with Gasteiger partial charge in [-0.25, -0.2) is 4.98 Å². The number of ether oxygens (including phenoxy) is 1. The summed E-state index contributed by atoms with van der Waals surface area (Å²) in [7, 11) is 0. The molecule has 0 radical (unpaired) electrons. The first-order valence-electron chi connectivity index (χ1n) is 8.30. The molecule has 0 N–H and O–H groups in total. The molecule has 1 aromatic carbocycles. The molecule has 1 aliphatic carbocycles. The summed E-state index contributed by atoms with van der Waals surface area (Å²) in [6.45, 7) is 1.89. The summed E-state index contributed by atoms with van der Waals surface area (Å²) in [6.07, 6.45) is 2.62. The van der Waals surface area contributed by atoms with Crippen LogP contribution < -0.4 is 5.56 Å². The molecular formula is C19H18N2O3S. The van der Waals surface area contributed by atoms with Gasteiger partial charge in [0.25, 0.3) is 5.56 Å². The van der Waals surface area contributed by atoms with E-state index < -0.39 is 5.41 Å². The fourth-order valence-corrected chi connectivity index (χ4v) is 4.24. The van der Waals surface area contributed by atoms with Gasteiger partial charge in [-0.1, -0.05) is 36.8 Å². The molecule has 0 saturated heterocycles. The van der Waals surface area contributed by atoms with Crippen LogP contribution in [-0.4, -0.2) is 15.4 Å². The summed E-state index contributed by atoms with van der Waals surface area (Å²) in [4.78, 5) is 30.0. The molecule has 6 heteroatoms. The number of benzene rings is 1. The lowest BCUT2D eigenvalue weighted by atomic mass is 9.64. The van der Waals surface area contributed by atoms with Crippen molar-refractivity contribution in [2.75, 3.05) is 0 Å². The smallest absolute Gasteiger partial charge is 0.316 e. The quantitative estimate of drug-likeness (QED) is 0.675. The predicted octanol–water partition coefficient (Wildman–Crippen LogP) is 3.23. The molecule has 0 bridgehead atoms. The number of aryl methyl sites for hydroxylation is 1. The maximum Gasteiger partial charge on any atom is 0.316 e. The molecule has 1 aliphatic rings. The highest BCUT2D eigenvalue weighted by Gasteiger charge is 2.47. The van der Waals surface area contributed by atoms with Gasteiger partial charge in [-0.3, -0.25) is 14.0 Å². The Morgan fingerprint density at radius 1 is 1.32 bits per heavy atom. The third-order valence-electron chi connectivity index (χ3n) is 4.90. The molecule has 128 valence electrons. The van der Waals surface area contributed by atoms with E-state index in [-0.39, 0.29) is 18.1 Å². The minimum Gasteiger partial charge on any atom is -0.458 e. The standard InChI is InChI=1S/C19H18N2O3S/c1-13-12-25-18-20-15(10-16(22)21(13)18)11-24-17(23)19(8-5-9-19)14-6-3-2-4-7-14/h2-4,6-7,10,12H,5,8-9,11H2,1H3. The number of esters is 1. The van der Waals surface area contributed by atoms with Crippen LogP contribution in [0, 0.1) is 6.92 Å². The lowest BCUT2D eigenvalue weighted by Crippen LogP contribution is -2.43.